The Bertz CT molecular complexity index is 777. The number of carbonyl (C=O) groups excluding carboxylic acids is 1. The summed E-state index contributed by atoms with van der Waals surface area (Å²) < 4.78 is 10.9. The molecule has 0 unspecified atom stereocenters. The number of ether oxygens (including phenoxy) is 2. The van der Waals surface area contributed by atoms with Gasteiger partial charge in [-0.05, 0) is 29.8 Å². The van der Waals surface area contributed by atoms with Crippen LogP contribution in [0.3, 0.4) is 0 Å². The molecule has 0 radical (unpaired) electrons. The van der Waals surface area contributed by atoms with Crippen molar-refractivity contribution in [3.05, 3.63) is 58.1 Å². The molecule has 0 bridgehead atoms. The number of nitrogens with zero attached hydrogens (tertiary/aromatic N) is 2. The molecule has 27 heavy (non-hydrogen) atoms. The Kier molecular flexibility index (Phi) is 6.83. The molecule has 144 valence electrons. The summed E-state index contributed by atoms with van der Waals surface area (Å²) in [4.78, 5) is 16.2. The second-order valence-corrected chi connectivity index (χ2v) is 7.19. The normalized spacial score (nSPS) is 14.1. The average Bonchev–Trinajstić information content (AvgIpc) is 2.70. The van der Waals surface area contributed by atoms with Gasteiger partial charge in [0.2, 0.25) is 0 Å². The molecule has 2 aromatic carbocycles. The van der Waals surface area contributed by atoms with Crippen LogP contribution >= 0.6 is 23.2 Å². The van der Waals surface area contributed by atoms with Crippen LogP contribution in [0.25, 0.3) is 0 Å². The number of amides is 1. The zero-order chi connectivity index (χ0) is 19.2. The molecule has 5 nitrogen and oxygen atoms in total. The predicted molar refractivity (Wildman–Crippen MR) is 108 cm³/mol. The minimum absolute atomic E-state index is 0.0552. The standard InChI is InChI=1S/C20H22Cl2N2O3/c1-23(20(25)14-27-17-6-7-18(21)19(22)12-17)13-15-2-4-16(5-3-15)24-8-10-26-11-9-24/h2-7,12H,8-11,13-14H2,1H3. The number of anilines is 1. The highest BCUT2D eigenvalue weighted by atomic mass is 35.5. The van der Waals surface area contributed by atoms with Crippen molar-refractivity contribution in [3.63, 3.8) is 0 Å². The minimum Gasteiger partial charge on any atom is -0.484 e. The summed E-state index contributed by atoms with van der Waals surface area (Å²) in [6.45, 7) is 3.80. The van der Waals surface area contributed by atoms with Gasteiger partial charge >= 0.3 is 0 Å². The van der Waals surface area contributed by atoms with E-state index in [9.17, 15) is 4.79 Å². The van der Waals surface area contributed by atoms with Gasteiger partial charge in [0.05, 0.1) is 23.3 Å². The number of hydrogen-bond acceptors (Lipinski definition) is 4. The molecule has 1 amide bonds. The van der Waals surface area contributed by atoms with E-state index in [4.69, 9.17) is 32.7 Å². The van der Waals surface area contributed by atoms with Crippen LogP contribution in [-0.4, -0.2) is 50.8 Å². The molecule has 1 aliphatic rings. The maximum absolute atomic E-state index is 12.3. The fraction of sp³-hybridized carbons (Fsp3) is 0.350. The first-order valence-corrected chi connectivity index (χ1v) is 9.52. The highest BCUT2D eigenvalue weighted by Crippen LogP contribution is 2.26. The van der Waals surface area contributed by atoms with Gasteiger partial charge in [0.15, 0.2) is 6.61 Å². The van der Waals surface area contributed by atoms with Gasteiger partial charge in [-0.2, -0.15) is 0 Å². The topological polar surface area (TPSA) is 42.0 Å². The molecule has 0 saturated carbocycles. The van der Waals surface area contributed by atoms with Gasteiger partial charge in [0.25, 0.3) is 5.91 Å². The summed E-state index contributed by atoms with van der Waals surface area (Å²) in [6, 6.07) is 13.2. The number of morpholine rings is 1. The summed E-state index contributed by atoms with van der Waals surface area (Å²) in [5, 5.41) is 0.850. The zero-order valence-corrected chi connectivity index (χ0v) is 16.7. The first kappa shape index (κ1) is 19.8. The Morgan fingerprint density at radius 1 is 1.11 bits per heavy atom. The van der Waals surface area contributed by atoms with Crippen LogP contribution in [0.4, 0.5) is 5.69 Å². The molecule has 3 rings (SSSR count). The van der Waals surface area contributed by atoms with E-state index in [1.54, 1.807) is 30.1 Å². The fourth-order valence-electron chi connectivity index (χ4n) is 2.82. The lowest BCUT2D eigenvalue weighted by Gasteiger charge is -2.29. The monoisotopic (exact) mass is 408 g/mol. The Morgan fingerprint density at radius 3 is 2.48 bits per heavy atom. The minimum atomic E-state index is -0.113. The van der Waals surface area contributed by atoms with Crippen molar-refractivity contribution in [2.24, 2.45) is 0 Å². The number of hydrogen-bond donors (Lipinski definition) is 0. The lowest BCUT2D eigenvalue weighted by molar-refractivity contribution is -0.132. The number of rotatable bonds is 6. The van der Waals surface area contributed by atoms with E-state index in [2.05, 4.69) is 29.2 Å². The predicted octanol–water partition coefficient (Wildman–Crippen LogP) is 3.87. The Labute approximate surface area is 169 Å². The number of halogens is 2. The van der Waals surface area contributed by atoms with E-state index in [0.29, 0.717) is 22.3 Å². The second kappa shape index (κ2) is 9.31. The molecule has 7 heteroatoms. The number of benzene rings is 2. The first-order valence-electron chi connectivity index (χ1n) is 8.76. The average molecular weight is 409 g/mol. The lowest BCUT2D eigenvalue weighted by Crippen LogP contribution is -2.36. The van der Waals surface area contributed by atoms with Crippen LogP contribution < -0.4 is 9.64 Å². The maximum atomic E-state index is 12.3. The molecular formula is C20H22Cl2N2O3. The summed E-state index contributed by atoms with van der Waals surface area (Å²) >= 11 is 11.8. The van der Waals surface area contributed by atoms with Crippen LogP contribution in [-0.2, 0) is 16.1 Å². The van der Waals surface area contributed by atoms with E-state index < -0.39 is 0 Å². The molecule has 0 spiro atoms. The highest BCUT2D eigenvalue weighted by molar-refractivity contribution is 6.42. The van der Waals surface area contributed by atoms with E-state index >= 15 is 0 Å². The molecule has 1 aliphatic heterocycles. The van der Waals surface area contributed by atoms with Crippen LogP contribution in [0.5, 0.6) is 5.75 Å². The van der Waals surface area contributed by atoms with Crippen LogP contribution in [0.15, 0.2) is 42.5 Å². The van der Waals surface area contributed by atoms with Gasteiger partial charge in [0, 0.05) is 38.4 Å². The highest BCUT2D eigenvalue weighted by Gasteiger charge is 2.13. The van der Waals surface area contributed by atoms with Crippen molar-refractivity contribution < 1.29 is 14.3 Å². The fourth-order valence-corrected chi connectivity index (χ4v) is 3.11. The summed E-state index contributed by atoms with van der Waals surface area (Å²) in [5.41, 5.74) is 2.25. The Morgan fingerprint density at radius 2 is 1.81 bits per heavy atom. The smallest absolute Gasteiger partial charge is 0.260 e. The molecule has 1 fully saturated rings. The molecule has 0 N–H and O–H groups in total. The van der Waals surface area contributed by atoms with Crippen molar-refractivity contribution in [3.8, 4) is 5.75 Å². The summed E-state index contributed by atoms with van der Waals surface area (Å²) in [6.07, 6.45) is 0. The third-order valence-corrected chi connectivity index (χ3v) is 5.15. The van der Waals surface area contributed by atoms with Gasteiger partial charge in [-0.3, -0.25) is 4.79 Å². The number of carbonyl (C=O) groups is 1. The SMILES string of the molecule is CN(Cc1ccc(N2CCOCC2)cc1)C(=O)COc1ccc(Cl)c(Cl)c1. The molecular weight excluding hydrogens is 387 g/mol. The van der Waals surface area contributed by atoms with Crippen LogP contribution in [0, 0.1) is 0 Å². The second-order valence-electron chi connectivity index (χ2n) is 6.38. The lowest BCUT2D eigenvalue weighted by atomic mass is 10.1. The summed E-state index contributed by atoms with van der Waals surface area (Å²) in [5.74, 6) is 0.402. The summed E-state index contributed by atoms with van der Waals surface area (Å²) in [7, 11) is 1.76. The number of likely N-dealkylation sites (N-methyl/N-ethyl adjacent to an activating group) is 1. The third kappa shape index (κ3) is 5.51. The maximum Gasteiger partial charge on any atom is 0.260 e. The van der Waals surface area contributed by atoms with E-state index in [1.807, 2.05) is 0 Å². The van der Waals surface area contributed by atoms with E-state index in [0.717, 1.165) is 31.9 Å². The van der Waals surface area contributed by atoms with Gasteiger partial charge in [-0.25, -0.2) is 0 Å². The van der Waals surface area contributed by atoms with Crippen LogP contribution in [0.1, 0.15) is 5.56 Å². The zero-order valence-electron chi connectivity index (χ0n) is 15.2. The Hall–Kier alpha value is -1.95. The molecule has 0 atom stereocenters. The van der Waals surface area contributed by atoms with Crippen LogP contribution in [0.2, 0.25) is 10.0 Å². The van der Waals surface area contributed by atoms with Crippen molar-refractivity contribution in [1.82, 2.24) is 4.90 Å². The van der Waals surface area contributed by atoms with E-state index in [1.165, 1.54) is 5.69 Å². The van der Waals surface area contributed by atoms with E-state index in [-0.39, 0.29) is 12.5 Å². The molecule has 0 aliphatic carbocycles. The van der Waals surface area contributed by atoms with Gasteiger partial charge in [-0.1, -0.05) is 35.3 Å². The van der Waals surface area contributed by atoms with Crippen molar-refractivity contribution in [2.75, 3.05) is 44.9 Å². The van der Waals surface area contributed by atoms with Gasteiger partial charge in [-0.15, -0.1) is 0 Å². The van der Waals surface area contributed by atoms with Crippen molar-refractivity contribution in [2.45, 2.75) is 6.54 Å². The van der Waals surface area contributed by atoms with Crippen molar-refractivity contribution >= 4 is 34.8 Å². The van der Waals surface area contributed by atoms with Gasteiger partial charge in [0.1, 0.15) is 5.75 Å². The quantitative estimate of drug-likeness (QED) is 0.727. The van der Waals surface area contributed by atoms with Crippen molar-refractivity contribution in [1.29, 1.82) is 0 Å². The largest absolute Gasteiger partial charge is 0.484 e. The molecule has 0 aromatic heterocycles. The Balaban J connectivity index is 1.50. The third-order valence-electron chi connectivity index (χ3n) is 4.41. The molecule has 2 aromatic rings. The molecule has 1 saturated heterocycles. The molecule has 1 heterocycles. The van der Waals surface area contributed by atoms with Gasteiger partial charge < -0.3 is 19.3 Å². The first-order chi connectivity index (χ1) is 13.0.